The first kappa shape index (κ1) is 18.4. The average molecular weight is 406 g/mol. The number of hydrogen-bond acceptors (Lipinski definition) is 5. The second kappa shape index (κ2) is 7.29. The molecule has 7 nitrogen and oxygen atoms in total. The lowest BCUT2D eigenvalue weighted by molar-refractivity contribution is 0.0787. The molecule has 1 aromatic carbocycles. The number of hydrogen-bond donors (Lipinski definition) is 0. The van der Waals surface area contributed by atoms with Crippen LogP contribution >= 0.6 is 0 Å². The third kappa shape index (κ3) is 3.01. The van der Waals surface area contributed by atoms with Crippen molar-refractivity contribution in [3.63, 3.8) is 0 Å². The Morgan fingerprint density at radius 1 is 1.27 bits per heavy atom. The summed E-state index contributed by atoms with van der Waals surface area (Å²) in [6.45, 7) is 1.03. The Morgan fingerprint density at radius 2 is 2.17 bits per heavy atom. The Hall–Kier alpha value is -3.68. The van der Waals surface area contributed by atoms with Crippen molar-refractivity contribution >= 4 is 17.1 Å². The molecule has 1 fully saturated rings. The van der Waals surface area contributed by atoms with E-state index in [0.717, 1.165) is 17.6 Å². The fourth-order valence-corrected chi connectivity index (χ4v) is 3.97. The predicted molar refractivity (Wildman–Crippen MR) is 108 cm³/mol. The molecule has 0 spiro atoms. The number of methoxy groups -OCH3 is 1. The van der Waals surface area contributed by atoms with Crippen LogP contribution in [0.2, 0.25) is 0 Å². The number of pyridine rings is 1. The maximum Gasteiger partial charge on any atom is 0.254 e. The van der Waals surface area contributed by atoms with Crippen LogP contribution in [0.5, 0.6) is 5.75 Å². The summed E-state index contributed by atoms with van der Waals surface area (Å²) >= 11 is 0. The van der Waals surface area contributed by atoms with Gasteiger partial charge in [-0.05, 0) is 48.9 Å². The minimum atomic E-state index is -0.552. The molecule has 1 aliphatic heterocycles. The molecular weight excluding hydrogens is 387 g/mol. The highest BCUT2D eigenvalue weighted by molar-refractivity contribution is 5.94. The molecule has 30 heavy (non-hydrogen) atoms. The van der Waals surface area contributed by atoms with E-state index in [-0.39, 0.29) is 17.7 Å². The van der Waals surface area contributed by atoms with Crippen LogP contribution in [0.4, 0.5) is 4.39 Å². The van der Waals surface area contributed by atoms with Crippen molar-refractivity contribution in [1.82, 2.24) is 19.4 Å². The van der Waals surface area contributed by atoms with E-state index in [4.69, 9.17) is 14.1 Å². The Labute approximate surface area is 171 Å². The molecule has 0 saturated carbocycles. The quantitative estimate of drug-likeness (QED) is 0.514. The van der Waals surface area contributed by atoms with Gasteiger partial charge in [0.2, 0.25) is 0 Å². The van der Waals surface area contributed by atoms with E-state index in [2.05, 4.69) is 4.98 Å². The molecule has 3 aromatic heterocycles. The molecule has 5 rings (SSSR count). The summed E-state index contributed by atoms with van der Waals surface area (Å²) in [5.41, 5.74) is 1.82. The van der Waals surface area contributed by atoms with Gasteiger partial charge in [0.15, 0.2) is 28.8 Å². The van der Waals surface area contributed by atoms with Crippen LogP contribution in [-0.2, 0) is 0 Å². The van der Waals surface area contributed by atoms with Crippen LogP contribution < -0.4 is 4.74 Å². The third-order valence-electron chi connectivity index (χ3n) is 5.40. The Morgan fingerprint density at radius 3 is 2.93 bits per heavy atom. The first-order valence-corrected chi connectivity index (χ1v) is 9.65. The summed E-state index contributed by atoms with van der Waals surface area (Å²) in [6, 6.07) is 11.7. The molecule has 4 aromatic rings. The van der Waals surface area contributed by atoms with E-state index >= 15 is 0 Å². The smallest absolute Gasteiger partial charge is 0.254 e. The van der Waals surface area contributed by atoms with Crippen molar-refractivity contribution in [2.75, 3.05) is 20.2 Å². The molecule has 1 amide bonds. The van der Waals surface area contributed by atoms with E-state index in [0.29, 0.717) is 30.2 Å². The Balaban J connectivity index is 1.46. The SMILES string of the molecule is COc1ccc(C(=O)N2CCC(n3c(-c4ccco4)nc4cccnc43)C2)cc1F. The number of fused-ring (bicyclic) bond motifs is 1. The zero-order valence-electron chi connectivity index (χ0n) is 16.3. The van der Waals surface area contributed by atoms with Crippen molar-refractivity contribution in [3.8, 4) is 17.3 Å². The molecule has 1 aliphatic rings. The van der Waals surface area contributed by atoms with E-state index in [9.17, 15) is 9.18 Å². The number of aromatic nitrogens is 3. The summed E-state index contributed by atoms with van der Waals surface area (Å²) < 4.78 is 26.6. The molecule has 0 radical (unpaired) electrons. The van der Waals surface area contributed by atoms with E-state index < -0.39 is 5.82 Å². The van der Waals surface area contributed by atoms with Crippen molar-refractivity contribution in [2.45, 2.75) is 12.5 Å². The van der Waals surface area contributed by atoms with Crippen LogP contribution in [0.25, 0.3) is 22.7 Å². The molecule has 0 N–H and O–H groups in total. The Kier molecular flexibility index (Phi) is 4.46. The monoisotopic (exact) mass is 406 g/mol. The lowest BCUT2D eigenvalue weighted by atomic mass is 10.2. The zero-order chi connectivity index (χ0) is 20.7. The van der Waals surface area contributed by atoms with Crippen LogP contribution in [-0.4, -0.2) is 45.5 Å². The fourth-order valence-electron chi connectivity index (χ4n) is 3.97. The summed E-state index contributed by atoms with van der Waals surface area (Å²) in [5.74, 6) is 0.684. The van der Waals surface area contributed by atoms with Crippen molar-refractivity contribution in [3.05, 3.63) is 66.3 Å². The lowest BCUT2D eigenvalue weighted by Crippen LogP contribution is -2.29. The number of imidazole rings is 1. The number of carbonyl (C=O) groups is 1. The van der Waals surface area contributed by atoms with Crippen molar-refractivity contribution in [2.24, 2.45) is 0 Å². The van der Waals surface area contributed by atoms with Gasteiger partial charge in [0.25, 0.3) is 5.91 Å². The van der Waals surface area contributed by atoms with Gasteiger partial charge in [-0.2, -0.15) is 0 Å². The largest absolute Gasteiger partial charge is 0.494 e. The van der Waals surface area contributed by atoms with Crippen LogP contribution in [0, 0.1) is 5.82 Å². The number of halogens is 1. The predicted octanol–water partition coefficient (Wildman–Crippen LogP) is 3.93. The van der Waals surface area contributed by atoms with Gasteiger partial charge in [-0.3, -0.25) is 4.79 Å². The molecule has 0 aliphatic carbocycles. The summed E-state index contributed by atoms with van der Waals surface area (Å²) in [6.07, 6.45) is 4.07. The molecule has 1 unspecified atom stereocenters. The molecule has 0 bridgehead atoms. The number of ether oxygens (including phenoxy) is 1. The summed E-state index contributed by atoms with van der Waals surface area (Å²) in [5, 5.41) is 0. The molecule has 4 heterocycles. The second-order valence-corrected chi connectivity index (χ2v) is 7.17. The third-order valence-corrected chi connectivity index (χ3v) is 5.40. The van der Waals surface area contributed by atoms with E-state index in [1.807, 2.05) is 28.8 Å². The van der Waals surface area contributed by atoms with Crippen LogP contribution in [0.3, 0.4) is 0 Å². The van der Waals surface area contributed by atoms with Gasteiger partial charge in [-0.15, -0.1) is 0 Å². The van der Waals surface area contributed by atoms with Crippen LogP contribution in [0.1, 0.15) is 22.8 Å². The molecule has 1 atom stereocenters. The minimum Gasteiger partial charge on any atom is -0.494 e. The lowest BCUT2D eigenvalue weighted by Gasteiger charge is -2.18. The topological polar surface area (TPSA) is 73.4 Å². The van der Waals surface area contributed by atoms with Gasteiger partial charge >= 0.3 is 0 Å². The number of amides is 1. The minimum absolute atomic E-state index is 0.0166. The highest BCUT2D eigenvalue weighted by Gasteiger charge is 2.32. The maximum atomic E-state index is 14.1. The highest BCUT2D eigenvalue weighted by atomic mass is 19.1. The number of rotatable bonds is 4. The molecular formula is C22H19FN4O3. The number of nitrogens with zero attached hydrogens (tertiary/aromatic N) is 4. The first-order valence-electron chi connectivity index (χ1n) is 9.65. The molecule has 152 valence electrons. The van der Waals surface area contributed by atoms with Gasteiger partial charge in [0, 0.05) is 24.8 Å². The number of likely N-dealkylation sites (tertiary alicyclic amines) is 1. The van der Waals surface area contributed by atoms with Crippen molar-refractivity contribution < 1.29 is 18.3 Å². The fraction of sp³-hybridized carbons (Fsp3) is 0.227. The Bertz CT molecular complexity index is 1220. The first-order chi connectivity index (χ1) is 14.7. The number of furan rings is 1. The van der Waals surface area contributed by atoms with Gasteiger partial charge in [0.05, 0.1) is 19.4 Å². The van der Waals surface area contributed by atoms with Gasteiger partial charge < -0.3 is 18.6 Å². The van der Waals surface area contributed by atoms with Gasteiger partial charge in [-0.25, -0.2) is 14.4 Å². The summed E-state index contributed by atoms with van der Waals surface area (Å²) in [7, 11) is 1.39. The second-order valence-electron chi connectivity index (χ2n) is 7.17. The number of carbonyl (C=O) groups excluding carboxylic acids is 1. The number of benzene rings is 1. The standard InChI is InChI=1S/C22H19FN4O3/c1-29-18-7-6-14(12-16(18)23)22(28)26-10-8-15(13-26)27-20-17(4-2-9-24-20)25-21(27)19-5-3-11-30-19/h2-7,9,11-12,15H,8,10,13H2,1H3. The normalized spacial score (nSPS) is 16.3. The molecule has 8 heteroatoms. The van der Waals surface area contributed by atoms with E-state index in [1.165, 1.54) is 19.2 Å². The zero-order valence-corrected chi connectivity index (χ0v) is 16.3. The van der Waals surface area contributed by atoms with Gasteiger partial charge in [0.1, 0.15) is 5.52 Å². The highest BCUT2D eigenvalue weighted by Crippen LogP contribution is 2.33. The molecule has 1 saturated heterocycles. The average Bonchev–Trinajstić information content (AvgIpc) is 3.51. The van der Waals surface area contributed by atoms with Gasteiger partial charge in [-0.1, -0.05) is 0 Å². The van der Waals surface area contributed by atoms with Crippen molar-refractivity contribution in [1.29, 1.82) is 0 Å². The summed E-state index contributed by atoms with van der Waals surface area (Å²) in [4.78, 5) is 23.9. The van der Waals surface area contributed by atoms with E-state index in [1.54, 1.807) is 23.4 Å². The van der Waals surface area contributed by atoms with Crippen LogP contribution in [0.15, 0.2) is 59.3 Å². The maximum absolute atomic E-state index is 14.1.